The van der Waals surface area contributed by atoms with Gasteiger partial charge in [-0.1, -0.05) is 17.8 Å². The number of nitrogens with zero attached hydrogens (tertiary/aromatic N) is 3. The van der Waals surface area contributed by atoms with Crippen molar-refractivity contribution in [3.8, 4) is 16.3 Å². The normalized spacial score (nSPS) is 19.6. The zero-order valence-electron chi connectivity index (χ0n) is 22.6. The van der Waals surface area contributed by atoms with Crippen LogP contribution in [0.3, 0.4) is 0 Å². The molecule has 2 aromatic rings. The first kappa shape index (κ1) is 30.1. The average molecular weight is 560 g/mol. The van der Waals surface area contributed by atoms with Crippen LogP contribution in [0.5, 0.6) is 5.75 Å². The van der Waals surface area contributed by atoms with E-state index in [-0.39, 0.29) is 36.1 Å². The number of unbranched alkanes of at least 4 members (excludes halogenated alkanes) is 3. The zero-order chi connectivity index (χ0) is 28.4. The third kappa shape index (κ3) is 6.95. The van der Waals surface area contributed by atoms with Gasteiger partial charge in [-0.2, -0.15) is 13.2 Å². The van der Waals surface area contributed by atoms with Crippen molar-refractivity contribution < 1.29 is 37.3 Å². The zero-order valence-corrected chi connectivity index (χ0v) is 23.5. The number of carbonyl (C=O) groups excluding carboxylic acids is 1. The molecular formula is C26H36F3N3O5S. The van der Waals surface area contributed by atoms with Crippen molar-refractivity contribution in [1.82, 2.24) is 15.1 Å². The second-order valence-corrected chi connectivity index (χ2v) is 11.9. The van der Waals surface area contributed by atoms with Crippen LogP contribution in [0.4, 0.5) is 18.0 Å². The molecule has 1 aliphatic heterocycles. The van der Waals surface area contributed by atoms with Crippen molar-refractivity contribution >= 4 is 17.4 Å². The summed E-state index contributed by atoms with van der Waals surface area (Å²) in [6.07, 6.45) is -2.42. The van der Waals surface area contributed by atoms with E-state index in [2.05, 4.69) is 10.2 Å². The van der Waals surface area contributed by atoms with Crippen LogP contribution >= 0.6 is 11.3 Å². The minimum Gasteiger partial charge on any atom is -0.493 e. The van der Waals surface area contributed by atoms with Crippen LogP contribution in [0.1, 0.15) is 77.8 Å². The number of benzene rings is 1. The van der Waals surface area contributed by atoms with Crippen LogP contribution in [-0.2, 0) is 21.2 Å². The van der Waals surface area contributed by atoms with Gasteiger partial charge in [0, 0.05) is 12.2 Å². The number of alkyl halides is 3. The lowest BCUT2D eigenvalue weighted by atomic mass is 10.0. The van der Waals surface area contributed by atoms with Crippen LogP contribution in [-0.4, -0.2) is 57.4 Å². The molecule has 2 heterocycles. The summed E-state index contributed by atoms with van der Waals surface area (Å²) in [5, 5.41) is 17.9. The van der Waals surface area contributed by atoms with Gasteiger partial charge in [-0.05, 0) is 79.0 Å². The number of ether oxygens (including phenoxy) is 3. The summed E-state index contributed by atoms with van der Waals surface area (Å²) >= 11 is 1.10. The molecule has 1 fully saturated rings. The van der Waals surface area contributed by atoms with Gasteiger partial charge in [0.1, 0.15) is 32.6 Å². The van der Waals surface area contributed by atoms with Gasteiger partial charge in [0.05, 0.1) is 18.8 Å². The number of hydrogen-bond donors (Lipinski definition) is 1. The number of aliphatic hydroxyl groups excluding tert-OH is 1. The Hall–Kier alpha value is -2.44. The van der Waals surface area contributed by atoms with Crippen molar-refractivity contribution in [3.63, 3.8) is 0 Å². The van der Waals surface area contributed by atoms with E-state index in [9.17, 15) is 18.0 Å². The largest absolute Gasteiger partial charge is 0.493 e. The summed E-state index contributed by atoms with van der Waals surface area (Å²) in [5.41, 5.74) is -3.42. The van der Waals surface area contributed by atoms with Crippen LogP contribution in [0.15, 0.2) is 18.2 Å². The minimum atomic E-state index is -4.63. The quantitative estimate of drug-likeness (QED) is 0.357. The standard InChI is InChI=1S/C26H36F3N3O5S/c1-23(2,3)37-22(34)32-24(4,5)36-16-25(32,6)21-31-30-20(38-21)17-11-12-19(18(15-17)26(27,28)29)35-14-10-8-7-9-13-33/h11-12,15,33H,7-10,13-14,16H2,1-6H3/t25-/m0/s1. The highest BCUT2D eigenvalue weighted by molar-refractivity contribution is 7.14. The van der Waals surface area contributed by atoms with E-state index < -0.39 is 34.7 Å². The number of aromatic nitrogens is 2. The number of rotatable bonds is 9. The summed E-state index contributed by atoms with van der Waals surface area (Å²) in [5.74, 6) is -0.248. The predicted octanol–water partition coefficient (Wildman–Crippen LogP) is 6.37. The summed E-state index contributed by atoms with van der Waals surface area (Å²) in [4.78, 5) is 14.6. The van der Waals surface area contributed by atoms with Crippen LogP contribution < -0.4 is 4.74 Å². The van der Waals surface area contributed by atoms with Crippen molar-refractivity contribution in [2.24, 2.45) is 0 Å². The molecular weight excluding hydrogens is 523 g/mol. The second-order valence-electron chi connectivity index (χ2n) is 10.9. The maximum Gasteiger partial charge on any atom is 0.419 e. The number of carbonyl (C=O) groups is 1. The summed E-state index contributed by atoms with van der Waals surface area (Å²) < 4.78 is 58.6. The van der Waals surface area contributed by atoms with Crippen LogP contribution in [0.2, 0.25) is 0 Å². The molecule has 1 saturated heterocycles. The fourth-order valence-corrected chi connectivity index (χ4v) is 5.21. The van der Waals surface area contributed by atoms with Gasteiger partial charge in [0.15, 0.2) is 0 Å². The molecule has 1 N–H and O–H groups in total. The van der Waals surface area contributed by atoms with Crippen molar-refractivity contribution in [2.45, 2.75) is 90.3 Å². The SMILES string of the molecule is CC(C)(C)OC(=O)N1C(C)(C)OC[C@@]1(C)c1nnc(-c2ccc(OCCCCCCO)c(C(F)(F)F)c2)s1. The van der Waals surface area contributed by atoms with Crippen molar-refractivity contribution in [2.75, 3.05) is 19.8 Å². The molecule has 0 radical (unpaired) electrons. The molecule has 8 nitrogen and oxygen atoms in total. The Bertz CT molecular complexity index is 1120. The molecule has 1 atom stereocenters. The molecule has 1 aromatic carbocycles. The maximum atomic E-state index is 13.9. The number of halogens is 3. The first-order valence-electron chi connectivity index (χ1n) is 12.5. The molecule has 38 heavy (non-hydrogen) atoms. The summed E-state index contributed by atoms with van der Waals surface area (Å²) in [7, 11) is 0. The second kappa shape index (κ2) is 11.4. The lowest BCUT2D eigenvalue weighted by Gasteiger charge is -2.39. The molecule has 3 rings (SSSR count). The molecule has 12 heteroatoms. The molecule has 212 valence electrons. The minimum absolute atomic E-state index is 0.0941. The molecule has 1 amide bonds. The Labute approximate surface area is 225 Å². The molecule has 0 saturated carbocycles. The summed E-state index contributed by atoms with van der Waals surface area (Å²) in [6.45, 7) is 10.9. The Morgan fingerprint density at radius 2 is 1.82 bits per heavy atom. The highest BCUT2D eigenvalue weighted by Crippen LogP contribution is 2.45. The van der Waals surface area contributed by atoms with E-state index in [1.54, 1.807) is 41.5 Å². The van der Waals surface area contributed by atoms with Gasteiger partial charge in [0.25, 0.3) is 0 Å². The lowest BCUT2D eigenvalue weighted by Crippen LogP contribution is -2.54. The Balaban J connectivity index is 1.86. The Kier molecular flexibility index (Phi) is 8.99. The predicted molar refractivity (Wildman–Crippen MR) is 137 cm³/mol. The van der Waals surface area contributed by atoms with E-state index in [4.69, 9.17) is 19.3 Å². The molecule has 0 spiro atoms. The Morgan fingerprint density at radius 1 is 1.13 bits per heavy atom. The number of hydrogen-bond acceptors (Lipinski definition) is 8. The van der Waals surface area contributed by atoms with Crippen LogP contribution in [0.25, 0.3) is 10.6 Å². The van der Waals surface area contributed by atoms with Gasteiger partial charge in [-0.15, -0.1) is 10.2 Å². The highest BCUT2D eigenvalue weighted by Gasteiger charge is 2.55. The van der Waals surface area contributed by atoms with E-state index in [0.717, 1.165) is 30.2 Å². The first-order valence-corrected chi connectivity index (χ1v) is 13.4. The number of aliphatic hydroxyl groups is 1. The molecule has 0 bridgehead atoms. The lowest BCUT2D eigenvalue weighted by molar-refractivity contribution is -0.138. The van der Waals surface area contributed by atoms with E-state index in [0.29, 0.717) is 17.8 Å². The van der Waals surface area contributed by atoms with Crippen molar-refractivity contribution in [3.05, 3.63) is 28.8 Å². The first-order chi connectivity index (χ1) is 17.6. The molecule has 1 aliphatic rings. The fourth-order valence-electron chi connectivity index (χ4n) is 4.24. The van der Waals surface area contributed by atoms with E-state index in [1.165, 1.54) is 17.0 Å². The molecule has 1 aromatic heterocycles. The third-order valence-corrected chi connectivity index (χ3v) is 7.27. The van der Waals surface area contributed by atoms with Gasteiger partial charge in [0.2, 0.25) is 0 Å². The van der Waals surface area contributed by atoms with E-state index in [1.807, 2.05) is 0 Å². The maximum absolute atomic E-state index is 13.9. The smallest absolute Gasteiger partial charge is 0.419 e. The average Bonchev–Trinajstić information content (AvgIpc) is 3.38. The fraction of sp³-hybridized carbons (Fsp3) is 0.654. The highest BCUT2D eigenvalue weighted by atomic mass is 32.1. The van der Waals surface area contributed by atoms with Crippen molar-refractivity contribution in [1.29, 1.82) is 0 Å². The molecule has 0 unspecified atom stereocenters. The number of amides is 1. The van der Waals surface area contributed by atoms with Crippen LogP contribution in [0, 0.1) is 0 Å². The topological polar surface area (TPSA) is 94.0 Å². The monoisotopic (exact) mass is 559 g/mol. The Morgan fingerprint density at radius 3 is 2.45 bits per heavy atom. The van der Waals surface area contributed by atoms with Gasteiger partial charge >= 0.3 is 12.3 Å². The van der Waals surface area contributed by atoms with Gasteiger partial charge in [-0.3, -0.25) is 4.90 Å². The molecule has 0 aliphatic carbocycles. The van der Waals surface area contributed by atoms with Gasteiger partial charge < -0.3 is 19.3 Å². The third-order valence-electron chi connectivity index (χ3n) is 6.04. The van der Waals surface area contributed by atoms with Gasteiger partial charge in [-0.25, -0.2) is 4.79 Å². The van der Waals surface area contributed by atoms with E-state index >= 15 is 0 Å². The summed E-state index contributed by atoms with van der Waals surface area (Å²) in [6, 6.07) is 3.82.